The number of hydrogen-bond acceptors (Lipinski definition) is 9. The minimum atomic E-state index is -1.76. The van der Waals surface area contributed by atoms with Crippen LogP contribution in [0.1, 0.15) is 30.4 Å². The third-order valence-corrected chi connectivity index (χ3v) is 8.87. The molecule has 10 nitrogen and oxygen atoms in total. The molecule has 6 rings (SSSR count). The molecule has 4 N–H and O–H groups in total. The van der Waals surface area contributed by atoms with Gasteiger partial charge in [0.2, 0.25) is 0 Å². The lowest BCUT2D eigenvalue weighted by molar-refractivity contribution is -0.315. The summed E-state index contributed by atoms with van der Waals surface area (Å²) in [4.78, 5) is 14.0. The Morgan fingerprint density at radius 2 is 1.97 bits per heavy atom. The van der Waals surface area contributed by atoms with Crippen LogP contribution in [0.5, 0.6) is 11.5 Å². The summed E-state index contributed by atoms with van der Waals surface area (Å²) < 4.78 is 23.9. The van der Waals surface area contributed by atoms with Gasteiger partial charge in [-0.25, -0.2) is 4.79 Å². The first-order valence-electron chi connectivity index (χ1n) is 11.9. The predicted molar refractivity (Wildman–Crippen MR) is 116 cm³/mol. The average molecular weight is 478 g/mol. The smallest absolute Gasteiger partial charge is 0.335 e. The summed E-state index contributed by atoms with van der Waals surface area (Å²) >= 11 is 0. The molecular weight excluding hydrogens is 446 g/mol. The van der Waals surface area contributed by atoms with E-state index in [1.165, 1.54) is 11.1 Å². The summed E-state index contributed by atoms with van der Waals surface area (Å²) in [6.45, 7) is 0.915. The largest absolute Gasteiger partial charge is 0.493 e. The van der Waals surface area contributed by atoms with Gasteiger partial charge < -0.3 is 44.3 Å². The van der Waals surface area contributed by atoms with Crippen LogP contribution in [-0.4, -0.2) is 101 Å². The predicted octanol–water partition coefficient (Wildman–Crippen LogP) is -0.358. The van der Waals surface area contributed by atoms with Crippen LogP contribution in [0.2, 0.25) is 0 Å². The van der Waals surface area contributed by atoms with Gasteiger partial charge in [-0.1, -0.05) is 6.07 Å². The lowest BCUT2D eigenvalue weighted by atomic mass is 9.51. The molecule has 1 spiro atoms. The van der Waals surface area contributed by atoms with Crippen LogP contribution in [0.25, 0.3) is 0 Å². The van der Waals surface area contributed by atoms with Gasteiger partial charge in [0.25, 0.3) is 0 Å². The standard InChI is InChI=1S/C24H31NO9/c1-25-8-7-24-11-4-6-14(32-23-18(28)16(26)17(27)20(34-23)22(29)30)21(24)33-19-13(31-2)5-3-10(15(19)24)9-12(11)25/h3,5,11-12,14,16-18,20-21,23,26-28H,4,6-9H2,1-2H3,(H,29,30)/t11-,12+,14-,16-,17-,18+,20-,21-,23+,24-/m0/s1. The van der Waals surface area contributed by atoms with Crippen LogP contribution in [-0.2, 0) is 26.1 Å². The van der Waals surface area contributed by atoms with Crippen molar-refractivity contribution in [1.29, 1.82) is 0 Å². The molecule has 3 heterocycles. The number of likely N-dealkylation sites (tertiary alicyclic amines) is 1. The lowest BCUT2D eigenvalue weighted by Crippen LogP contribution is -2.67. The van der Waals surface area contributed by atoms with Crippen molar-refractivity contribution in [3.8, 4) is 11.5 Å². The maximum Gasteiger partial charge on any atom is 0.335 e. The summed E-state index contributed by atoms with van der Waals surface area (Å²) in [6, 6.07) is 4.45. The Morgan fingerprint density at radius 1 is 1.18 bits per heavy atom. The van der Waals surface area contributed by atoms with Crippen molar-refractivity contribution in [2.24, 2.45) is 5.92 Å². The molecule has 10 heteroatoms. The van der Waals surface area contributed by atoms with Crippen LogP contribution in [0.15, 0.2) is 12.1 Å². The zero-order valence-corrected chi connectivity index (χ0v) is 19.2. The zero-order chi connectivity index (χ0) is 23.9. The molecule has 3 fully saturated rings. The number of aliphatic carboxylic acids is 1. The van der Waals surface area contributed by atoms with Crippen molar-refractivity contribution >= 4 is 5.97 Å². The number of rotatable bonds is 4. The molecule has 5 aliphatic rings. The van der Waals surface area contributed by atoms with Gasteiger partial charge in [0.1, 0.15) is 24.4 Å². The van der Waals surface area contributed by atoms with Crippen molar-refractivity contribution in [3.63, 3.8) is 0 Å². The molecule has 2 bridgehead atoms. The number of benzene rings is 1. The van der Waals surface area contributed by atoms with E-state index >= 15 is 0 Å². The molecule has 186 valence electrons. The second-order valence-electron chi connectivity index (χ2n) is 10.3. The number of ether oxygens (including phenoxy) is 4. The molecule has 2 saturated heterocycles. The molecule has 1 aromatic rings. The number of hydrogen-bond donors (Lipinski definition) is 4. The summed E-state index contributed by atoms with van der Waals surface area (Å²) in [7, 11) is 3.79. The van der Waals surface area contributed by atoms with E-state index in [1.807, 2.05) is 6.07 Å². The molecule has 3 aliphatic heterocycles. The summed E-state index contributed by atoms with van der Waals surface area (Å²) in [5.41, 5.74) is 2.18. The summed E-state index contributed by atoms with van der Waals surface area (Å²) in [5.74, 6) is 0.361. The number of nitrogens with zero attached hydrogens (tertiary/aromatic N) is 1. The summed E-state index contributed by atoms with van der Waals surface area (Å²) in [5, 5.41) is 40.2. The normalized spacial score (nSPS) is 44.8. The maximum absolute atomic E-state index is 11.5. The molecular formula is C24H31NO9. The van der Waals surface area contributed by atoms with Crippen molar-refractivity contribution in [2.75, 3.05) is 20.7 Å². The fraction of sp³-hybridized carbons (Fsp3) is 0.708. The van der Waals surface area contributed by atoms with Gasteiger partial charge in [-0.2, -0.15) is 0 Å². The highest BCUT2D eigenvalue weighted by Gasteiger charge is 2.66. The van der Waals surface area contributed by atoms with Gasteiger partial charge in [-0.3, -0.25) is 0 Å². The number of likely N-dealkylation sites (N-methyl/N-ethyl adjacent to an activating group) is 1. The lowest BCUT2D eigenvalue weighted by Gasteiger charge is -2.59. The number of aliphatic hydroxyl groups is 3. The number of carboxylic acid groups (broad SMARTS) is 1. The van der Waals surface area contributed by atoms with Crippen LogP contribution >= 0.6 is 0 Å². The minimum Gasteiger partial charge on any atom is -0.493 e. The van der Waals surface area contributed by atoms with Crippen LogP contribution in [0.3, 0.4) is 0 Å². The Hall–Kier alpha value is -1.95. The monoisotopic (exact) mass is 477 g/mol. The van der Waals surface area contributed by atoms with Gasteiger partial charge in [0.05, 0.1) is 13.2 Å². The van der Waals surface area contributed by atoms with Gasteiger partial charge in [-0.15, -0.1) is 0 Å². The quantitative estimate of drug-likeness (QED) is 0.455. The summed E-state index contributed by atoms with van der Waals surface area (Å²) in [6.07, 6.45) is -5.67. The van der Waals surface area contributed by atoms with E-state index in [2.05, 4.69) is 18.0 Å². The Bertz CT molecular complexity index is 1000. The molecule has 0 amide bonds. The molecule has 0 aromatic heterocycles. The highest BCUT2D eigenvalue weighted by atomic mass is 16.7. The Balaban J connectivity index is 1.37. The van der Waals surface area contributed by atoms with Crippen molar-refractivity contribution in [3.05, 3.63) is 23.3 Å². The SMILES string of the molecule is COc1ccc2c3c1O[C@H]1[C@@H](O[C@@H]4O[C@H](C(=O)O)[C@@H](O)[C@H](O)[C@H]4O)CC[C@H]4[C@@H](C2)N(C)CC[C@@]341. The number of methoxy groups -OCH3 is 1. The molecule has 34 heavy (non-hydrogen) atoms. The van der Waals surface area contributed by atoms with Crippen molar-refractivity contribution in [2.45, 2.75) is 80.1 Å². The topological polar surface area (TPSA) is 138 Å². The van der Waals surface area contributed by atoms with Crippen molar-refractivity contribution in [1.82, 2.24) is 4.90 Å². The second kappa shape index (κ2) is 7.78. The first kappa shape index (κ1) is 22.5. The Morgan fingerprint density at radius 3 is 2.71 bits per heavy atom. The van der Waals surface area contributed by atoms with E-state index in [-0.39, 0.29) is 11.5 Å². The van der Waals surface area contributed by atoms with E-state index in [9.17, 15) is 25.2 Å². The van der Waals surface area contributed by atoms with Crippen LogP contribution < -0.4 is 9.47 Å². The van der Waals surface area contributed by atoms with E-state index in [0.29, 0.717) is 24.1 Å². The van der Waals surface area contributed by atoms with E-state index in [0.717, 1.165) is 31.6 Å². The Kier molecular flexibility index (Phi) is 5.15. The van der Waals surface area contributed by atoms with Gasteiger partial charge in [0.15, 0.2) is 23.9 Å². The van der Waals surface area contributed by atoms with Crippen molar-refractivity contribution < 1.29 is 44.2 Å². The average Bonchev–Trinajstić information content (AvgIpc) is 3.17. The first-order valence-corrected chi connectivity index (χ1v) is 11.9. The van der Waals surface area contributed by atoms with Gasteiger partial charge in [0, 0.05) is 17.0 Å². The minimum absolute atomic E-state index is 0.276. The molecule has 0 unspecified atom stereocenters. The highest BCUT2D eigenvalue weighted by molar-refractivity contribution is 5.73. The first-order chi connectivity index (χ1) is 16.3. The van der Waals surface area contributed by atoms with E-state index in [1.54, 1.807) is 7.11 Å². The van der Waals surface area contributed by atoms with Crippen LogP contribution in [0, 0.1) is 5.92 Å². The third kappa shape index (κ3) is 2.87. The zero-order valence-electron chi connectivity index (χ0n) is 19.2. The number of aliphatic hydroxyl groups excluding tert-OH is 3. The molecule has 1 saturated carbocycles. The molecule has 10 atom stereocenters. The highest BCUT2D eigenvalue weighted by Crippen LogP contribution is 2.64. The maximum atomic E-state index is 11.5. The number of carboxylic acids is 1. The Labute approximate surface area is 197 Å². The molecule has 0 radical (unpaired) electrons. The third-order valence-electron chi connectivity index (χ3n) is 8.87. The second-order valence-corrected chi connectivity index (χ2v) is 10.3. The van der Waals surface area contributed by atoms with E-state index in [4.69, 9.17) is 18.9 Å². The van der Waals surface area contributed by atoms with Gasteiger partial charge in [-0.05, 0) is 56.8 Å². The molecule has 1 aromatic carbocycles. The van der Waals surface area contributed by atoms with Gasteiger partial charge >= 0.3 is 5.97 Å². The van der Waals surface area contributed by atoms with E-state index < -0.39 is 42.8 Å². The fourth-order valence-electron chi connectivity index (χ4n) is 7.32. The number of piperidine rings is 1. The molecule has 2 aliphatic carbocycles. The number of carbonyl (C=O) groups is 1. The van der Waals surface area contributed by atoms with Crippen LogP contribution in [0.4, 0.5) is 0 Å². The fourth-order valence-corrected chi connectivity index (χ4v) is 7.32.